The number of aromatic nitrogens is 4. The average molecular weight is 713 g/mol. The molecule has 6 rings (SSSR count). The summed E-state index contributed by atoms with van der Waals surface area (Å²) < 4.78 is 13.3. The number of ether oxygens (including phenoxy) is 2. The quantitative estimate of drug-likeness (QED) is 0.179. The maximum absolute atomic E-state index is 13.3. The number of hydrogen-bond acceptors (Lipinski definition) is 10. The van der Waals surface area contributed by atoms with Crippen LogP contribution in [0.5, 0.6) is 5.75 Å². The van der Waals surface area contributed by atoms with E-state index in [9.17, 15) is 14.9 Å². The first-order valence-electron chi connectivity index (χ1n) is 17.4. The van der Waals surface area contributed by atoms with E-state index in [4.69, 9.17) is 31.0 Å². The number of carbonyl (C=O) groups excluding carboxylic acids is 2. The van der Waals surface area contributed by atoms with Crippen molar-refractivity contribution in [2.24, 2.45) is 5.41 Å². The van der Waals surface area contributed by atoms with Crippen molar-refractivity contribution in [3.8, 4) is 23.1 Å². The number of rotatable bonds is 9. The number of piperazine rings is 1. The number of ketones is 1. The molecule has 2 aliphatic heterocycles. The van der Waals surface area contributed by atoms with Gasteiger partial charge in [-0.1, -0.05) is 30.7 Å². The van der Waals surface area contributed by atoms with Crippen LogP contribution in [0.4, 0.5) is 10.6 Å². The third-order valence-corrected chi connectivity index (χ3v) is 10.0. The lowest BCUT2D eigenvalue weighted by molar-refractivity contribution is 0.0137. The van der Waals surface area contributed by atoms with Gasteiger partial charge in [0, 0.05) is 63.4 Å². The topological polar surface area (TPSA) is 129 Å². The summed E-state index contributed by atoms with van der Waals surface area (Å²) in [5, 5.41) is 14.7. The van der Waals surface area contributed by atoms with Gasteiger partial charge < -0.3 is 19.3 Å². The summed E-state index contributed by atoms with van der Waals surface area (Å²) in [6.45, 7) is 15.0. The monoisotopic (exact) mass is 712 g/mol. The molecular formula is C38H45ClN8O4. The Kier molecular flexibility index (Phi) is 10.5. The smallest absolute Gasteiger partial charge is 0.410 e. The van der Waals surface area contributed by atoms with Gasteiger partial charge in [-0.05, 0) is 63.6 Å². The maximum atomic E-state index is 13.3. The third-order valence-electron chi connectivity index (χ3n) is 9.70. The van der Waals surface area contributed by atoms with Crippen molar-refractivity contribution in [2.75, 3.05) is 57.3 Å². The minimum absolute atomic E-state index is 0.0884. The van der Waals surface area contributed by atoms with Crippen LogP contribution in [0.15, 0.2) is 49.1 Å². The molecule has 0 bridgehead atoms. The van der Waals surface area contributed by atoms with Gasteiger partial charge in [0.1, 0.15) is 29.8 Å². The van der Waals surface area contributed by atoms with E-state index in [1.165, 1.54) is 6.20 Å². The summed E-state index contributed by atoms with van der Waals surface area (Å²) in [5.41, 5.74) is 3.25. The van der Waals surface area contributed by atoms with Crippen molar-refractivity contribution in [3.63, 3.8) is 0 Å². The first kappa shape index (κ1) is 36.1. The number of pyridine rings is 1. The van der Waals surface area contributed by atoms with Gasteiger partial charge in [-0.15, -0.1) is 0 Å². The molecule has 5 heterocycles. The molecule has 0 spiro atoms. The molecule has 12 nitrogen and oxygen atoms in total. The highest BCUT2D eigenvalue weighted by atomic mass is 35.5. The molecule has 13 heteroatoms. The molecule has 2 aliphatic rings. The van der Waals surface area contributed by atoms with Crippen LogP contribution >= 0.6 is 11.6 Å². The number of hydrogen-bond donors (Lipinski definition) is 0. The van der Waals surface area contributed by atoms with Crippen molar-refractivity contribution >= 4 is 34.8 Å². The van der Waals surface area contributed by atoms with Crippen LogP contribution in [0.3, 0.4) is 0 Å². The summed E-state index contributed by atoms with van der Waals surface area (Å²) in [4.78, 5) is 41.4. The number of nitriles is 1. The van der Waals surface area contributed by atoms with E-state index in [0.717, 1.165) is 50.4 Å². The number of Topliss-reactive ketones (excluding diaryl/α,β-unsaturated/α-hetero) is 1. The van der Waals surface area contributed by atoms with E-state index in [1.807, 2.05) is 45.9 Å². The summed E-state index contributed by atoms with van der Waals surface area (Å²) in [7, 11) is 0. The predicted octanol–water partition coefficient (Wildman–Crippen LogP) is 6.44. The van der Waals surface area contributed by atoms with Crippen LogP contribution < -0.4 is 9.64 Å². The standard InChI is InChI=1S/C38H45ClN8O4/c1-26-7-6-8-30(39)34(26)32(48)20-38(5)9-11-45(12-10-38)33-24-41-31(23-42-33)29-19-28(25-47-35(29)27(21-40)22-43-47)50-18-17-44-13-15-46(16-14-44)36(49)51-37(2,3)4/h6-8,19,22-25H,9-18,20H2,1-5H3. The predicted molar refractivity (Wildman–Crippen MR) is 195 cm³/mol. The second-order valence-corrected chi connectivity index (χ2v) is 15.2. The second kappa shape index (κ2) is 14.9. The zero-order valence-electron chi connectivity index (χ0n) is 30.0. The first-order valence-corrected chi connectivity index (χ1v) is 17.8. The lowest BCUT2D eigenvalue weighted by Gasteiger charge is -2.39. The van der Waals surface area contributed by atoms with Gasteiger partial charge in [0.05, 0.1) is 46.6 Å². The van der Waals surface area contributed by atoms with Crippen LogP contribution in [-0.2, 0) is 4.74 Å². The number of carbonyl (C=O) groups is 2. The Morgan fingerprint density at radius 1 is 1.04 bits per heavy atom. The number of nitrogens with zero attached hydrogens (tertiary/aromatic N) is 8. The third kappa shape index (κ3) is 8.43. The summed E-state index contributed by atoms with van der Waals surface area (Å²) in [6.07, 6.45) is 8.64. The number of halogens is 1. The molecule has 0 aliphatic carbocycles. The molecule has 0 radical (unpaired) electrons. The molecule has 1 amide bonds. The second-order valence-electron chi connectivity index (χ2n) is 14.8. The molecule has 0 atom stereocenters. The lowest BCUT2D eigenvalue weighted by Crippen LogP contribution is -2.50. The van der Waals surface area contributed by atoms with Crippen molar-refractivity contribution in [1.29, 1.82) is 5.26 Å². The number of piperidine rings is 1. The molecular weight excluding hydrogens is 668 g/mol. The van der Waals surface area contributed by atoms with Crippen LogP contribution in [0.2, 0.25) is 5.02 Å². The first-order chi connectivity index (χ1) is 24.3. The highest BCUT2D eigenvalue weighted by Gasteiger charge is 2.34. The number of benzene rings is 1. The summed E-state index contributed by atoms with van der Waals surface area (Å²) >= 11 is 6.39. The fourth-order valence-electron chi connectivity index (χ4n) is 6.76. The van der Waals surface area contributed by atoms with Gasteiger partial charge in [0.2, 0.25) is 0 Å². The van der Waals surface area contributed by atoms with Crippen molar-refractivity contribution in [1.82, 2.24) is 29.4 Å². The number of fused-ring (bicyclic) bond motifs is 1. The maximum Gasteiger partial charge on any atom is 0.410 e. The minimum Gasteiger partial charge on any atom is -0.491 e. The number of aryl methyl sites for hydroxylation is 1. The summed E-state index contributed by atoms with van der Waals surface area (Å²) in [6, 6.07) is 9.69. The minimum atomic E-state index is -0.517. The van der Waals surface area contributed by atoms with Crippen molar-refractivity contribution in [3.05, 3.63) is 70.8 Å². The van der Waals surface area contributed by atoms with E-state index in [-0.39, 0.29) is 17.3 Å². The largest absolute Gasteiger partial charge is 0.491 e. The summed E-state index contributed by atoms with van der Waals surface area (Å²) in [5.74, 6) is 1.45. The SMILES string of the molecule is Cc1cccc(Cl)c1C(=O)CC1(C)CCN(c2cnc(-c3cc(OCCN4CCN(C(=O)OC(C)(C)C)CC4)cn4ncc(C#N)c34)cn2)CC1. The molecule has 2 saturated heterocycles. The molecule has 0 unspecified atom stereocenters. The molecule has 0 N–H and O–H groups in total. The van der Waals surface area contributed by atoms with Gasteiger partial charge in [-0.25, -0.2) is 14.3 Å². The fraction of sp³-hybridized carbons (Fsp3) is 0.474. The van der Waals surface area contributed by atoms with Gasteiger partial charge in [0.25, 0.3) is 0 Å². The Morgan fingerprint density at radius 2 is 1.78 bits per heavy atom. The van der Waals surface area contributed by atoms with Gasteiger partial charge >= 0.3 is 6.09 Å². The zero-order valence-corrected chi connectivity index (χ0v) is 30.7. The van der Waals surface area contributed by atoms with E-state index < -0.39 is 5.60 Å². The van der Waals surface area contributed by atoms with Gasteiger partial charge in [-0.3, -0.25) is 14.7 Å². The normalized spacial score (nSPS) is 16.6. The highest BCUT2D eigenvalue weighted by molar-refractivity contribution is 6.34. The zero-order chi connectivity index (χ0) is 36.3. The Bertz CT molecular complexity index is 1910. The molecule has 3 aromatic heterocycles. The fourth-order valence-corrected chi connectivity index (χ4v) is 7.09. The highest BCUT2D eigenvalue weighted by Crippen LogP contribution is 2.38. The Hall–Kier alpha value is -4.73. The Balaban J connectivity index is 1.08. The Labute approximate surface area is 303 Å². The van der Waals surface area contributed by atoms with E-state index in [0.29, 0.717) is 71.3 Å². The molecule has 0 saturated carbocycles. The van der Waals surface area contributed by atoms with Gasteiger partial charge in [0.15, 0.2) is 5.78 Å². The lowest BCUT2D eigenvalue weighted by atomic mass is 9.75. The molecule has 268 valence electrons. The van der Waals surface area contributed by atoms with Crippen LogP contribution in [0, 0.1) is 23.7 Å². The molecule has 4 aromatic rings. The van der Waals surface area contributed by atoms with E-state index >= 15 is 0 Å². The molecule has 2 fully saturated rings. The van der Waals surface area contributed by atoms with Crippen molar-refractivity contribution < 1.29 is 19.1 Å². The van der Waals surface area contributed by atoms with Gasteiger partial charge in [-0.2, -0.15) is 10.4 Å². The molecule has 1 aromatic carbocycles. The van der Waals surface area contributed by atoms with E-state index in [2.05, 4.69) is 27.9 Å². The van der Waals surface area contributed by atoms with Crippen molar-refractivity contribution in [2.45, 2.75) is 59.5 Å². The van der Waals surface area contributed by atoms with Crippen LogP contribution in [-0.4, -0.2) is 99.3 Å². The van der Waals surface area contributed by atoms with Crippen LogP contribution in [0.1, 0.15) is 68.4 Å². The number of amides is 1. The molecule has 51 heavy (non-hydrogen) atoms. The number of anilines is 1. The van der Waals surface area contributed by atoms with Crippen LogP contribution in [0.25, 0.3) is 16.8 Å². The van der Waals surface area contributed by atoms with E-state index in [1.54, 1.807) is 34.1 Å². The Morgan fingerprint density at radius 3 is 2.43 bits per heavy atom. The average Bonchev–Trinajstić information content (AvgIpc) is 3.51.